The van der Waals surface area contributed by atoms with Crippen molar-refractivity contribution in [3.8, 4) is 0 Å². The van der Waals surface area contributed by atoms with E-state index < -0.39 is 0 Å². The number of anilines is 1. The summed E-state index contributed by atoms with van der Waals surface area (Å²) < 4.78 is 0. The maximum Gasteiger partial charge on any atom is 0.269 e. The molecule has 17 heavy (non-hydrogen) atoms. The van der Waals surface area contributed by atoms with Gasteiger partial charge >= 0.3 is 0 Å². The number of pyridine rings is 1. The molecule has 1 amide bonds. The molecule has 0 spiro atoms. The number of nitrogens with one attached hydrogen (secondary N) is 2. The van der Waals surface area contributed by atoms with Gasteiger partial charge in [0.05, 0.1) is 11.9 Å². The maximum absolute atomic E-state index is 11.6. The molecule has 0 aliphatic rings. The molecule has 0 aliphatic heterocycles. The number of hydrogen-bond donors (Lipinski definition) is 3. The quantitative estimate of drug-likeness (QED) is 0.387. The van der Waals surface area contributed by atoms with E-state index in [1.54, 1.807) is 12.1 Å². The monoisotopic (exact) mass is 254 g/mol. The molecule has 5 nitrogen and oxygen atoms in total. The fourth-order valence-electron chi connectivity index (χ4n) is 1.28. The molecule has 0 unspecified atom stereocenters. The summed E-state index contributed by atoms with van der Waals surface area (Å²) in [5, 5.41) is 2.83. The summed E-state index contributed by atoms with van der Waals surface area (Å²) in [7, 11) is 0. The number of nitrogens with two attached hydrogens (primary N) is 1. The molecule has 94 valence electrons. The van der Waals surface area contributed by atoms with Crippen LogP contribution in [0.2, 0.25) is 0 Å². The number of nitrogens with zero attached hydrogens (tertiary/aromatic N) is 1. The number of amides is 1. The Kier molecular flexibility index (Phi) is 6.42. The van der Waals surface area contributed by atoms with Gasteiger partial charge in [-0.3, -0.25) is 10.6 Å². The van der Waals surface area contributed by atoms with Crippen LogP contribution in [-0.2, 0) is 0 Å². The highest BCUT2D eigenvalue weighted by Crippen LogP contribution is 2.04. The van der Waals surface area contributed by atoms with E-state index in [-0.39, 0.29) is 5.91 Å². The van der Waals surface area contributed by atoms with Crippen molar-refractivity contribution in [3.63, 3.8) is 0 Å². The second kappa shape index (κ2) is 7.92. The molecule has 0 aliphatic carbocycles. The van der Waals surface area contributed by atoms with E-state index in [2.05, 4.69) is 22.0 Å². The fraction of sp³-hybridized carbons (Fsp3) is 0.455. The summed E-state index contributed by atoms with van der Waals surface area (Å²) in [5.74, 6) is 6.20. The van der Waals surface area contributed by atoms with Gasteiger partial charge in [0.15, 0.2) is 0 Å². The van der Waals surface area contributed by atoms with Crippen LogP contribution in [0.1, 0.15) is 23.3 Å². The van der Waals surface area contributed by atoms with Gasteiger partial charge in [0, 0.05) is 6.54 Å². The highest BCUT2D eigenvalue weighted by molar-refractivity contribution is 7.98. The second-order valence-electron chi connectivity index (χ2n) is 3.53. The third-order valence-corrected chi connectivity index (χ3v) is 2.92. The van der Waals surface area contributed by atoms with Gasteiger partial charge in [-0.2, -0.15) is 11.8 Å². The molecule has 0 bridgehead atoms. The lowest BCUT2D eigenvalue weighted by Gasteiger charge is -2.05. The molecule has 1 aromatic rings. The van der Waals surface area contributed by atoms with E-state index in [1.807, 2.05) is 11.8 Å². The SMILES string of the molecule is CSCCCCNC(=O)c1ccc(NN)cn1. The number of carbonyl (C=O) groups is 1. The van der Waals surface area contributed by atoms with Gasteiger partial charge in [-0.25, -0.2) is 4.98 Å². The molecule has 1 aromatic heterocycles. The zero-order valence-electron chi connectivity index (χ0n) is 9.90. The van der Waals surface area contributed by atoms with Crippen LogP contribution in [0.5, 0.6) is 0 Å². The van der Waals surface area contributed by atoms with E-state index in [1.165, 1.54) is 6.20 Å². The minimum absolute atomic E-state index is 0.141. The van der Waals surface area contributed by atoms with Crippen molar-refractivity contribution in [1.82, 2.24) is 10.3 Å². The lowest BCUT2D eigenvalue weighted by molar-refractivity contribution is 0.0948. The zero-order valence-corrected chi connectivity index (χ0v) is 10.7. The van der Waals surface area contributed by atoms with Gasteiger partial charge in [-0.05, 0) is 37.0 Å². The van der Waals surface area contributed by atoms with E-state index >= 15 is 0 Å². The molecule has 1 heterocycles. The van der Waals surface area contributed by atoms with Crippen LogP contribution in [0.4, 0.5) is 5.69 Å². The Morgan fingerprint density at radius 2 is 2.29 bits per heavy atom. The highest BCUT2D eigenvalue weighted by Gasteiger charge is 2.05. The molecule has 6 heteroatoms. The van der Waals surface area contributed by atoms with Crippen LogP contribution in [0.3, 0.4) is 0 Å². The first-order valence-electron chi connectivity index (χ1n) is 5.47. The van der Waals surface area contributed by atoms with Crippen molar-refractivity contribution in [3.05, 3.63) is 24.0 Å². The molecule has 0 radical (unpaired) electrons. The van der Waals surface area contributed by atoms with Crippen LogP contribution in [0.25, 0.3) is 0 Å². The third kappa shape index (κ3) is 5.06. The summed E-state index contributed by atoms with van der Waals surface area (Å²) in [5.41, 5.74) is 3.56. The smallest absolute Gasteiger partial charge is 0.269 e. The molecule has 4 N–H and O–H groups in total. The average molecular weight is 254 g/mol. The van der Waals surface area contributed by atoms with Gasteiger partial charge in [0.1, 0.15) is 5.69 Å². The number of hydrazine groups is 1. The van der Waals surface area contributed by atoms with Crippen molar-refractivity contribution in [1.29, 1.82) is 0 Å². The first-order chi connectivity index (χ1) is 8.27. The van der Waals surface area contributed by atoms with Gasteiger partial charge in [-0.15, -0.1) is 0 Å². The largest absolute Gasteiger partial charge is 0.351 e. The van der Waals surface area contributed by atoms with Gasteiger partial charge in [-0.1, -0.05) is 0 Å². The van der Waals surface area contributed by atoms with Crippen LogP contribution in [-0.4, -0.2) is 29.4 Å². The Bertz CT molecular complexity index is 342. The Balaban J connectivity index is 2.31. The zero-order chi connectivity index (χ0) is 12.5. The number of nitrogen functional groups attached to an aromatic ring is 1. The Morgan fingerprint density at radius 1 is 1.47 bits per heavy atom. The highest BCUT2D eigenvalue weighted by atomic mass is 32.2. The molecular formula is C11H18N4OS. The van der Waals surface area contributed by atoms with E-state index in [0.717, 1.165) is 18.6 Å². The van der Waals surface area contributed by atoms with Gasteiger partial charge < -0.3 is 10.7 Å². The summed E-state index contributed by atoms with van der Waals surface area (Å²) in [4.78, 5) is 15.7. The maximum atomic E-state index is 11.6. The normalized spacial score (nSPS) is 10.0. The molecular weight excluding hydrogens is 236 g/mol. The minimum Gasteiger partial charge on any atom is -0.351 e. The summed E-state index contributed by atoms with van der Waals surface area (Å²) >= 11 is 1.82. The van der Waals surface area contributed by atoms with Gasteiger partial charge in [0.25, 0.3) is 5.91 Å². The third-order valence-electron chi connectivity index (χ3n) is 2.22. The van der Waals surface area contributed by atoms with Crippen molar-refractivity contribution >= 4 is 23.4 Å². The van der Waals surface area contributed by atoms with Crippen LogP contribution < -0.4 is 16.6 Å². The van der Waals surface area contributed by atoms with Crippen LogP contribution >= 0.6 is 11.8 Å². The summed E-state index contributed by atoms with van der Waals surface area (Å²) in [6.07, 6.45) is 5.72. The number of rotatable bonds is 7. The number of unbranched alkanes of at least 4 members (excludes halogenated alkanes) is 1. The lowest BCUT2D eigenvalue weighted by Crippen LogP contribution is -2.25. The number of thioether (sulfide) groups is 1. The molecule has 0 saturated carbocycles. The average Bonchev–Trinajstić information content (AvgIpc) is 2.38. The predicted octanol–water partition coefficient (Wildman–Crippen LogP) is 1.24. The van der Waals surface area contributed by atoms with Crippen molar-refractivity contribution in [2.75, 3.05) is 24.0 Å². The molecule has 0 saturated heterocycles. The Labute approximate surface area is 106 Å². The summed E-state index contributed by atoms with van der Waals surface area (Å²) in [6, 6.07) is 3.36. The first-order valence-corrected chi connectivity index (χ1v) is 6.87. The number of hydrogen-bond acceptors (Lipinski definition) is 5. The number of carbonyl (C=O) groups excluding carboxylic acids is 1. The number of aromatic nitrogens is 1. The van der Waals surface area contributed by atoms with Crippen LogP contribution in [0, 0.1) is 0 Å². The van der Waals surface area contributed by atoms with Crippen molar-refractivity contribution in [2.45, 2.75) is 12.8 Å². The van der Waals surface area contributed by atoms with Gasteiger partial charge in [0.2, 0.25) is 0 Å². The molecule has 1 rings (SSSR count). The minimum atomic E-state index is -0.141. The van der Waals surface area contributed by atoms with E-state index in [0.29, 0.717) is 17.9 Å². The Morgan fingerprint density at radius 3 is 2.88 bits per heavy atom. The van der Waals surface area contributed by atoms with Crippen LogP contribution in [0.15, 0.2) is 18.3 Å². The standard InChI is InChI=1S/C11H18N4OS/c1-17-7-3-2-6-13-11(16)10-5-4-9(15-12)8-14-10/h4-5,8,15H,2-3,6-7,12H2,1H3,(H,13,16). The topological polar surface area (TPSA) is 80.0 Å². The second-order valence-corrected chi connectivity index (χ2v) is 4.52. The van der Waals surface area contributed by atoms with Crippen molar-refractivity contribution < 1.29 is 4.79 Å². The van der Waals surface area contributed by atoms with Crippen molar-refractivity contribution in [2.24, 2.45) is 5.84 Å². The summed E-state index contributed by atoms with van der Waals surface area (Å²) in [6.45, 7) is 0.692. The van der Waals surface area contributed by atoms with E-state index in [9.17, 15) is 4.79 Å². The molecule has 0 fully saturated rings. The molecule has 0 atom stereocenters. The Hall–Kier alpha value is -1.27. The van der Waals surface area contributed by atoms with E-state index in [4.69, 9.17) is 5.84 Å². The fourth-order valence-corrected chi connectivity index (χ4v) is 1.77. The molecule has 0 aromatic carbocycles. The lowest BCUT2D eigenvalue weighted by atomic mass is 10.3. The first kappa shape index (κ1) is 13.8. The predicted molar refractivity (Wildman–Crippen MR) is 72.0 cm³/mol.